The molecule has 2 fully saturated rings. The third kappa shape index (κ3) is 2.53. The van der Waals surface area contributed by atoms with E-state index in [0.29, 0.717) is 12.6 Å². The molecule has 2 aliphatic heterocycles. The Morgan fingerprint density at radius 2 is 2.19 bits per heavy atom. The second-order valence-electron chi connectivity index (χ2n) is 5.76. The van der Waals surface area contributed by atoms with Crippen molar-refractivity contribution in [3.63, 3.8) is 0 Å². The van der Waals surface area contributed by atoms with Gasteiger partial charge in [0, 0.05) is 31.9 Å². The number of nitrogens with zero attached hydrogens (tertiary/aromatic N) is 4. The fraction of sp³-hybridized carbons (Fsp3) is 0.643. The number of piperazine rings is 1. The lowest BCUT2D eigenvalue weighted by Gasteiger charge is -2.38. The Kier molecular flexibility index (Phi) is 3.67. The van der Waals surface area contributed by atoms with E-state index in [1.165, 1.54) is 23.4 Å². The van der Waals surface area contributed by atoms with E-state index >= 15 is 0 Å². The van der Waals surface area contributed by atoms with E-state index in [4.69, 9.17) is 5.11 Å². The Morgan fingerprint density at radius 3 is 2.95 bits per heavy atom. The molecule has 2 saturated heterocycles. The van der Waals surface area contributed by atoms with Crippen molar-refractivity contribution < 1.29 is 14.7 Å². The summed E-state index contributed by atoms with van der Waals surface area (Å²) in [6, 6.07) is 1.30. The van der Waals surface area contributed by atoms with Crippen LogP contribution in [-0.2, 0) is 4.79 Å². The van der Waals surface area contributed by atoms with Gasteiger partial charge < -0.3 is 10.0 Å². The number of carboxylic acid groups (broad SMARTS) is 1. The lowest BCUT2D eigenvalue weighted by atomic mass is 10.1. The minimum absolute atomic E-state index is 0.0484. The molecule has 0 radical (unpaired) electrons. The number of carbonyl (C=O) groups is 2. The highest BCUT2D eigenvalue weighted by Crippen LogP contribution is 2.23. The lowest BCUT2D eigenvalue weighted by molar-refractivity contribution is -0.137. The molecule has 7 heteroatoms. The average molecular weight is 292 g/mol. The van der Waals surface area contributed by atoms with Crippen molar-refractivity contribution in [2.75, 3.05) is 26.2 Å². The first-order valence-electron chi connectivity index (χ1n) is 7.37. The molecule has 114 valence electrons. The van der Waals surface area contributed by atoms with E-state index in [1.54, 1.807) is 6.92 Å². The summed E-state index contributed by atoms with van der Waals surface area (Å²) in [5.41, 5.74) is 0.0513. The van der Waals surface area contributed by atoms with Crippen molar-refractivity contribution >= 4 is 11.9 Å². The van der Waals surface area contributed by atoms with E-state index in [-0.39, 0.29) is 11.6 Å². The quantitative estimate of drug-likeness (QED) is 0.875. The van der Waals surface area contributed by atoms with Crippen molar-refractivity contribution in [2.24, 2.45) is 0 Å². The molecule has 1 amide bonds. The van der Waals surface area contributed by atoms with Crippen LogP contribution in [0.5, 0.6) is 0 Å². The Balaban J connectivity index is 1.72. The third-order valence-corrected chi connectivity index (χ3v) is 4.51. The van der Waals surface area contributed by atoms with Gasteiger partial charge in [-0.1, -0.05) is 0 Å². The molecule has 3 heterocycles. The van der Waals surface area contributed by atoms with E-state index in [1.807, 2.05) is 4.90 Å². The van der Waals surface area contributed by atoms with Gasteiger partial charge in [0.1, 0.15) is 11.7 Å². The first-order chi connectivity index (χ1) is 10.1. The number of rotatable bonds is 3. The number of amides is 1. The summed E-state index contributed by atoms with van der Waals surface area (Å²) in [4.78, 5) is 28.0. The molecule has 1 aromatic rings. The maximum Gasteiger partial charge on any atom is 0.354 e. The topological polar surface area (TPSA) is 78.7 Å². The smallest absolute Gasteiger partial charge is 0.354 e. The summed E-state index contributed by atoms with van der Waals surface area (Å²) in [5.74, 6) is -1.11. The van der Waals surface area contributed by atoms with Crippen molar-refractivity contribution in [3.8, 4) is 0 Å². The van der Waals surface area contributed by atoms with Gasteiger partial charge in [0.05, 0.1) is 0 Å². The molecule has 0 bridgehead atoms. The van der Waals surface area contributed by atoms with Gasteiger partial charge in [-0.2, -0.15) is 5.10 Å². The molecule has 3 rings (SSSR count). The maximum atomic E-state index is 12.6. The van der Waals surface area contributed by atoms with E-state index in [0.717, 1.165) is 26.1 Å². The van der Waals surface area contributed by atoms with Crippen molar-refractivity contribution in [3.05, 3.63) is 18.0 Å². The number of carbonyl (C=O) groups excluding carboxylic acids is 1. The summed E-state index contributed by atoms with van der Waals surface area (Å²) < 4.78 is 1.30. The normalized spacial score (nSPS) is 23.9. The molecule has 2 aliphatic rings. The van der Waals surface area contributed by atoms with Gasteiger partial charge in [0.2, 0.25) is 5.91 Å². The van der Waals surface area contributed by atoms with Crippen LogP contribution in [0.4, 0.5) is 0 Å². The zero-order valence-corrected chi connectivity index (χ0v) is 12.1. The largest absolute Gasteiger partial charge is 0.477 e. The molecular formula is C14H20N4O3. The number of aromatic carboxylic acids is 1. The second-order valence-corrected chi connectivity index (χ2v) is 5.76. The number of fused-ring (bicyclic) bond motifs is 1. The van der Waals surface area contributed by atoms with Crippen LogP contribution >= 0.6 is 0 Å². The summed E-state index contributed by atoms with van der Waals surface area (Å²) in [6.45, 7) is 5.21. The van der Waals surface area contributed by atoms with Crippen LogP contribution in [-0.4, -0.2) is 68.8 Å². The highest BCUT2D eigenvalue weighted by Gasteiger charge is 2.34. The fourth-order valence-electron chi connectivity index (χ4n) is 3.35. The average Bonchev–Trinajstić information content (AvgIpc) is 3.13. The Hall–Kier alpha value is -1.89. The highest BCUT2D eigenvalue weighted by atomic mass is 16.4. The predicted octanol–water partition coefficient (Wildman–Crippen LogP) is 0.449. The van der Waals surface area contributed by atoms with Gasteiger partial charge in [-0.05, 0) is 32.4 Å². The van der Waals surface area contributed by atoms with E-state index in [2.05, 4.69) is 10.00 Å². The number of hydrogen-bond donors (Lipinski definition) is 1. The molecule has 0 aromatic carbocycles. The summed E-state index contributed by atoms with van der Waals surface area (Å²) in [6.07, 6.45) is 3.76. The molecule has 1 aromatic heterocycles. The van der Waals surface area contributed by atoms with Crippen LogP contribution in [0, 0.1) is 0 Å². The van der Waals surface area contributed by atoms with Gasteiger partial charge >= 0.3 is 5.97 Å². The molecule has 7 nitrogen and oxygen atoms in total. The SMILES string of the molecule is CC(C(=O)N1CCN2CCCC2C1)n1nccc1C(=O)O. The van der Waals surface area contributed by atoms with Gasteiger partial charge in [-0.15, -0.1) is 0 Å². The second kappa shape index (κ2) is 5.48. The predicted molar refractivity (Wildman–Crippen MR) is 75.1 cm³/mol. The van der Waals surface area contributed by atoms with Crippen molar-refractivity contribution in [2.45, 2.75) is 31.8 Å². The van der Waals surface area contributed by atoms with Crippen molar-refractivity contribution in [1.29, 1.82) is 0 Å². The lowest BCUT2D eigenvalue weighted by Crippen LogP contribution is -2.53. The molecular weight excluding hydrogens is 272 g/mol. The van der Waals surface area contributed by atoms with Gasteiger partial charge in [0.25, 0.3) is 0 Å². The standard InChI is InChI=1S/C14H20N4O3/c1-10(18-12(14(20)21)4-5-15-18)13(19)17-8-7-16-6-2-3-11(16)9-17/h4-5,10-11H,2-3,6-9H2,1H3,(H,20,21). The molecule has 2 atom stereocenters. The van der Waals surface area contributed by atoms with Crippen LogP contribution in [0.3, 0.4) is 0 Å². The van der Waals surface area contributed by atoms with Crippen LogP contribution in [0.2, 0.25) is 0 Å². The van der Waals surface area contributed by atoms with Crippen LogP contribution in [0.15, 0.2) is 12.3 Å². The third-order valence-electron chi connectivity index (χ3n) is 4.51. The molecule has 0 spiro atoms. The van der Waals surface area contributed by atoms with Gasteiger partial charge in [-0.3, -0.25) is 9.69 Å². The summed E-state index contributed by atoms with van der Waals surface area (Å²) in [5, 5.41) is 13.1. The molecule has 0 saturated carbocycles. The van der Waals surface area contributed by atoms with Crippen LogP contribution in [0.1, 0.15) is 36.3 Å². The zero-order valence-electron chi connectivity index (χ0n) is 12.1. The molecule has 1 N–H and O–H groups in total. The van der Waals surface area contributed by atoms with Gasteiger partial charge in [0.15, 0.2) is 0 Å². The minimum Gasteiger partial charge on any atom is -0.477 e. The first-order valence-corrected chi connectivity index (χ1v) is 7.37. The maximum absolute atomic E-state index is 12.6. The molecule has 2 unspecified atom stereocenters. The Bertz CT molecular complexity index is 556. The number of carboxylic acids is 1. The van der Waals surface area contributed by atoms with Gasteiger partial charge in [-0.25, -0.2) is 9.48 Å². The Labute approximate surface area is 123 Å². The minimum atomic E-state index is -1.06. The Morgan fingerprint density at radius 1 is 1.38 bits per heavy atom. The van der Waals surface area contributed by atoms with Crippen LogP contribution in [0.25, 0.3) is 0 Å². The van der Waals surface area contributed by atoms with E-state index in [9.17, 15) is 9.59 Å². The number of hydrogen-bond acceptors (Lipinski definition) is 4. The monoisotopic (exact) mass is 292 g/mol. The zero-order chi connectivity index (χ0) is 15.0. The summed E-state index contributed by atoms with van der Waals surface area (Å²) in [7, 11) is 0. The molecule has 21 heavy (non-hydrogen) atoms. The fourth-order valence-corrected chi connectivity index (χ4v) is 3.35. The van der Waals surface area contributed by atoms with E-state index < -0.39 is 12.0 Å². The highest BCUT2D eigenvalue weighted by molar-refractivity contribution is 5.87. The first kappa shape index (κ1) is 14.1. The number of aromatic nitrogens is 2. The van der Waals surface area contributed by atoms with Crippen LogP contribution < -0.4 is 0 Å². The van der Waals surface area contributed by atoms with Crippen molar-refractivity contribution in [1.82, 2.24) is 19.6 Å². The summed E-state index contributed by atoms with van der Waals surface area (Å²) >= 11 is 0. The molecule has 0 aliphatic carbocycles.